The predicted octanol–water partition coefficient (Wildman–Crippen LogP) is 2.70. The second kappa shape index (κ2) is 6.79. The number of nitrogens with zero attached hydrogens (tertiary/aromatic N) is 1. The zero-order chi connectivity index (χ0) is 16.2. The number of hydrogen-bond acceptors (Lipinski definition) is 4. The predicted molar refractivity (Wildman–Crippen MR) is 85.2 cm³/mol. The third-order valence-electron chi connectivity index (χ3n) is 3.76. The van der Waals surface area contributed by atoms with Crippen molar-refractivity contribution >= 4 is 23.5 Å². The highest BCUT2D eigenvalue weighted by molar-refractivity contribution is 6.29. The number of rotatable bonds is 4. The molecule has 0 saturated heterocycles. The molecule has 6 heteroatoms. The molecule has 3 rings (SSSR count). The van der Waals surface area contributed by atoms with E-state index >= 15 is 0 Å². The molecule has 118 valence electrons. The van der Waals surface area contributed by atoms with E-state index in [1.165, 1.54) is 23.9 Å². The van der Waals surface area contributed by atoms with Gasteiger partial charge in [0.1, 0.15) is 5.15 Å². The van der Waals surface area contributed by atoms with Gasteiger partial charge in [0.15, 0.2) is 6.61 Å². The molecule has 1 aromatic carbocycles. The number of carbonyl (C=O) groups excluding carboxylic acids is 2. The van der Waals surface area contributed by atoms with Gasteiger partial charge < -0.3 is 10.1 Å². The number of hydrogen-bond donors (Lipinski definition) is 1. The lowest BCUT2D eigenvalue weighted by molar-refractivity contribution is -0.125. The van der Waals surface area contributed by atoms with Crippen LogP contribution < -0.4 is 5.32 Å². The number of ether oxygens (including phenoxy) is 1. The molecular formula is C17H15ClN2O3. The van der Waals surface area contributed by atoms with E-state index in [2.05, 4.69) is 16.4 Å². The number of amides is 1. The van der Waals surface area contributed by atoms with Crippen LogP contribution in [0.1, 0.15) is 33.9 Å². The minimum atomic E-state index is -0.601. The van der Waals surface area contributed by atoms with Gasteiger partial charge in [-0.25, -0.2) is 9.78 Å². The fraction of sp³-hybridized carbons (Fsp3) is 0.235. The van der Waals surface area contributed by atoms with E-state index in [0.717, 1.165) is 18.4 Å². The summed E-state index contributed by atoms with van der Waals surface area (Å²) in [6.45, 7) is -0.322. The van der Waals surface area contributed by atoms with Crippen LogP contribution in [-0.4, -0.2) is 23.5 Å². The van der Waals surface area contributed by atoms with Gasteiger partial charge in [-0.15, -0.1) is 0 Å². The highest BCUT2D eigenvalue weighted by atomic mass is 35.5. The van der Waals surface area contributed by atoms with Crippen molar-refractivity contribution in [1.82, 2.24) is 10.3 Å². The van der Waals surface area contributed by atoms with Gasteiger partial charge in [0, 0.05) is 6.20 Å². The average molecular weight is 331 g/mol. The van der Waals surface area contributed by atoms with E-state index < -0.39 is 5.97 Å². The number of carbonyl (C=O) groups is 2. The maximum absolute atomic E-state index is 12.0. The molecule has 0 radical (unpaired) electrons. The van der Waals surface area contributed by atoms with Crippen LogP contribution in [0.4, 0.5) is 0 Å². The van der Waals surface area contributed by atoms with E-state index in [0.29, 0.717) is 0 Å². The standard InChI is InChI=1S/C17H15ClN2O3/c18-15-9-12(7-8-19-15)17(22)23-10-16(21)20-14-6-5-11-3-1-2-4-13(11)14/h1-4,7-9,14H,5-6,10H2,(H,20,21). The van der Waals surface area contributed by atoms with Crippen molar-refractivity contribution in [2.45, 2.75) is 18.9 Å². The Kier molecular flexibility index (Phi) is 4.57. The lowest BCUT2D eigenvalue weighted by Gasteiger charge is -2.14. The van der Waals surface area contributed by atoms with Gasteiger partial charge in [0.2, 0.25) is 0 Å². The molecule has 0 spiro atoms. The van der Waals surface area contributed by atoms with Gasteiger partial charge in [0.05, 0.1) is 11.6 Å². The highest BCUT2D eigenvalue weighted by Crippen LogP contribution is 2.30. The SMILES string of the molecule is O=C(COC(=O)c1ccnc(Cl)c1)NC1CCc2ccccc21. The third kappa shape index (κ3) is 3.68. The van der Waals surface area contributed by atoms with Gasteiger partial charge >= 0.3 is 5.97 Å². The summed E-state index contributed by atoms with van der Waals surface area (Å²) in [6.07, 6.45) is 3.21. The zero-order valence-electron chi connectivity index (χ0n) is 12.3. The van der Waals surface area contributed by atoms with Gasteiger partial charge in [-0.05, 0) is 36.1 Å². The Balaban J connectivity index is 1.54. The van der Waals surface area contributed by atoms with Crippen LogP contribution >= 0.6 is 11.6 Å². The van der Waals surface area contributed by atoms with Crippen LogP contribution in [0.15, 0.2) is 42.6 Å². The Hall–Kier alpha value is -2.40. The van der Waals surface area contributed by atoms with Crippen molar-refractivity contribution in [2.24, 2.45) is 0 Å². The second-order valence-corrected chi connectivity index (χ2v) is 5.69. The molecule has 23 heavy (non-hydrogen) atoms. The molecule has 1 N–H and O–H groups in total. The monoisotopic (exact) mass is 330 g/mol. The lowest BCUT2D eigenvalue weighted by atomic mass is 10.1. The zero-order valence-corrected chi connectivity index (χ0v) is 13.0. The molecule has 0 fully saturated rings. The molecule has 1 aliphatic carbocycles. The average Bonchev–Trinajstić information content (AvgIpc) is 2.96. The molecule has 0 bridgehead atoms. The first-order valence-electron chi connectivity index (χ1n) is 7.29. The fourth-order valence-corrected chi connectivity index (χ4v) is 2.86. The number of aromatic nitrogens is 1. The molecule has 2 aromatic rings. The Morgan fingerprint density at radius 3 is 2.96 bits per heavy atom. The Morgan fingerprint density at radius 1 is 1.30 bits per heavy atom. The van der Waals surface area contributed by atoms with E-state index in [4.69, 9.17) is 16.3 Å². The number of fused-ring (bicyclic) bond motifs is 1. The molecular weight excluding hydrogens is 316 g/mol. The van der Waals surface area contributed by atoms with Gasteiger partial charge in [-0.1, -0.05) is 35.9 Å². The third-order valence-corrected chi connectivity index (χ3v) is 3.97. The smallest absolute Gasteiger partial charge is 0.338 e. The highest BCUT2D eigenvalue weighted by Gasteiger charge is 2.23. The van der Waals surface area contributed by atoms with E-state index in [1.54, 1.807) is 0 Å². The number of benzene rings is 1. The normalized spacial score (nSPS) is 15.8. The second-order valence-electron chi connectivity index (χ2n) is 5.30. The van der Waals surface area contributed by atoms with Crippen molar-refractivity contribution in [2.75, 3.05) is 6.61 Å². The van der Waals surface area contributed by atoms with Crippen LogP contribution in [0.2, 0.25) is 5.15 Å². The molecule has 0 saturated carbocycles. The first kappa shape index (κ1) is 15.5. The summed E-state index contributed by atoms with van der Waals surface area (Å²) in [5.74, 6) is -0.920. The molecule has 1 aromatic heterocycles. The number of pyridine rings is 1. The molecule has 1 atom stereocenters. The van der Waals surface area contributed by atoms with Crippen molar-refractivity contribution in [3.05, 3.63) is 64.4 Å². The topological polar surface area (TPSA) is 68.3 Å². The number of aryl methyl sites for hydroxylation is 1. The van der Waals surface area contributed by atoms with Crippen molar-refractivity contribution in [1.29, 1.82) is 0 Å². The largest absolute Gasteiger partial charge is 0.452 e. The van der Waals surface area contributed by atoms with E-state index in [9.17, 15) is 9.59 Å². The Morgan fingerprint density at radius 2 is 2.13 bits per heavy atom. The summed E-state index contributed by atoms with van der Waals surface area (Å²) < 4.78 is 5.01. The molecule has 5 nitrogen and oxygen atoms in total. The molecule has 1 aliphatic rings. The van der Waals surface area contributed by atoms with E-state index in [-0.39, 0.29) is 29.3 Å². The van der Waals surface area contributed by atoms with Crippen LogP contribution in [0.25, 0.3) is 0 Å². The van der Waals surface area contributed by atoms with Crippen LogP contribution in [0.5, 0.6) is 0 Å². The summed E-state index contributed by atoms with van der Waals surface area (Å²) in [4.78, 5) is 27.6. The first-order chi connectivity index (χ1) is 11.1. The summed E-state index contributed by atoms with van der Waals surface area (Å²) in [5.41, 5.74) is 2.65. The maximum Gasteiger partial charge on any atom is 0.338 e. The Bertz CT molecular complexity index is 748. The number of halogens is 1. The number of nitrogens with one attached hydrogen (secondary N) is 1. The summed E-state index contributed by atoms with van der Waals surface area (Å²) >= 11 is 5.71. The first-order valence-corrected chi connectivity index (χ1v) is 7.67. The van der Waals surface area contributed by atoms with Crippen LogP contribution in [-0.2, 0) is 16.0 Å². The molecule has 1 heterocycles. The maximum atomic E-state index is 12.0. The van der Waals surface area contributed by atoms with Crippen molar-refractivity contribution < 1.29 is 14.3 Å². The molecule has 0 aliphatic heterocycles. The lowest BCUT2D eigenvalue weighted by Crippen LogP contribution is -2.31. The molecule has 1 unspecified atom stereocenters. The van der Waals surface area contributed by atoms with Crippen LogP contribution in [0.3, 0.4) is 0 Å². The van der Waals surface area contributed by atoms with Gasteiger partial charge in [-0.2, -0.15) is 0 Å². The van der Waals surface area contributed by atoms with Crippen LogP contribution in [0, 0.1) is 0 Å². The van der Waals surface area contributed by atoms with Crippen molar-refractivity contribution in [3.63, 3.8) is 0 Å². The summed E-state index contributed by atoms with van der Waals surface area (Å²) in [5, 5.41) is 3.10. The summed E-state index contributed by atoms with van der Waals surface area (Å²) in [6, 6.07) is 10.9. The molecule has 1 amide bonds. The minimum Gasteiger partial charge on any atom is -0.452 e. The minimum absolute atomic E-state index is 0.0206. The quantitative estimate of drug-likeness (QED) is 0.691. The van der Waals surface area contributed by atoms with E-state index in [1.807, 2.05) is 18.2 Å². The Labute approximate surface area is 138 Å². The summed E-state index contributed by atoms with van der Waals surface area (Å²) in [7, 11) is 0. The van der Waals surface area contributed by atoms with Gasteiger partial charge in [0.25, 0.3) is 5.91 Å². The fourth-order valence-electron chi connectivity index (χ4n) is 2.69. The van der Waals surface area contributed by atoms with Crippen molar-refractivity contribution in [3.8, 4) is 0 Å². The number of esters is 1. The van der Waals surface area contributed by atoms with Gasteiger partial charge in [-0.3, -0.25) is 4.79 Å².